The molecule has 49 heavy (non-hydrogen) atoms. The zero-order valence-corrected chi connectivity index (χ0v) is 29.6. The molecule has 1 saturated heterocycles. The van der Waals surface area contributed by atoms with Crippen molar-refractivity contribution in [1.29, 1.82) is 0 Å². The van der Waals surface area contributed by atoms with Crippen LogP contribution in [-0.2, 0) is 40.6 Å². The second-order valence-electron chi connectivity index (χ2n) is 15.7. The molecule has 6 aliphatic rings. The highest BCUT2D eigenvalue weighted by molar-refractivity contribution is 7.94. The lowest BCUT2D eigenvalue weighted by molar-refractivity contribution is -0.680. The van der Waals surface area contributed by atoms with Crippen LogP contribution in [0.25, 0.3) is 0 Å². The second kappa shape index (κ2) is 14.6. The van der Waals surface area contributed by atoms with E-state index in [2.05, 4.69) is 24.5 Å². The Kier molecular flexibility index (Phi) is 10.4. The SMILES string of the molecule is CC(C)C[C@H](NC1CCC2(CC1)OOC1(OO2)C2CC3CC(C2)CC1C3)C(=O)N[C@H](/C=C/S(=O)(=O)c1ccccc1)CCc1ccccc1. The minimum Gasteiger partial charge on any atom is -0.349 e. The van der Waals surface area contributed by atoms with Gasteiger partial charge in [0, 0.05) is 42.2 Å². The highest BCUT2D eigenvalue weighted by Crippen LogP contribution is 2.61. The molecule has 1 aliphatic heterocycles. The molecule has 266 valence electrons. The maximum Gasteiger partial charge on any atom is 0.239 e. The van der Waals surface area contributed by atoms with E-state index in [0.717, 1.165) is 55.9 Å². The molecule has 2 atom stereocenters. The van der Waals surface area contributed by atoms with Crippen molar-refractivity contribution in [2.45, 2.75) is 125 Å². The van der Waals surface area contributed by atoms with Crippen LogP contribution in [0.15, 0.2) is 77.0 Å². The molecular weight excluding hydrogens is 641 g/mol. The maximum atomic E-state index is 13.9. The monoisotopic (exact) mass is 692 g/mol. The predicted molar refractivity (Wildman–Crippen MR) is 185 cm³/mol. The predicted octanol–water partition coefficient (Wildman–Crippen LogP) is 6.80. The lowest BCUT2D eigenvalue weighted by Gasteiger charge is -2.60. The van der Waals surface area contributed by atoms with Gasteiger partial charge in [-0.1, -0.05) is 68.5 Å². The van der Waals surface area contributed by atoms with Gasteiger partial charge >= 0.3 is 0 Å². The Labute approximate surface area is 291 Å². The quantitative estimate of drug-likeness (QED) is 0.234. The summed E-state index contributed by atoms with van der Waals surface area (Å²) >= 11 is 0. The van der Waals surface area contributed by atoms with Crippen molar-refractivity contribution >= 4 is 15.7 Å². The van der Waals surface area contributed by atoms with Gasteiger partial charge in [0.05, 0.1) is 10.9 Å². The van der Waals surface area contributed by atoms with Crippen molar-refractivity contribution in [3.63, 3.8) is 0 Å². The number of rotatable bonds is 12. The summed E-state index contributed by atoms with van der Waals surface area (Å²) in [6, 6.07) is 17.6. The molecule has 2 N–H and O–H groups in total. The van der Waals surface area contributed by atoms with Gasteiger partial charge in [0.15, 0.2) is 9.84 Å². The number of nitrogens with one attached hydrogen (secondary N) is 2. The number of benzene rings is 2. The summed E-state index contributed by atoms with van der Waals surface area (Å²) in [5, 5.41) is 8.05. The van der Waals surface area contributed by atoms with Crippen molar-refractivity contribution in [3.8, 4) is 0 Å². The van der Waals surface area contributed by atoms with Gasteiger partial charge in [-0.15, -0.1) is 0 Å². The van der Waals surface area contributed by atoms with Gasteiger partial charge in [0.1, 0.15) is 0 Å². The number of hydrogen-bond acceptors (Lipinski definition) is 8. The zero-order chi connectivity index (χ0) is 34.1. The standard InChI is InChI=1S/C39H52N2O7S/c1-27(2)21-36(37(42)41-33(14-13-28-9-5-3-6-10-28)17-20-49(43,44)35-11-7-4-8-12-35)40-34-15-18-38(19-16-34)45-47-39(48-46-38)31-23-29-22-30(25-31)26-32(39)24-29/h3-12,17,20,27,29-34,36,40H,13-16,18-19,21-26H2,1-2H3,(H,41,42)/b20-17+/t29?,30?,31?,32?,33-,34?,36-,38?,39?/m0/s1. The first-order chi connectivity index (χ1) is 23.6. The third-order valence-electron chi connectivity index (χ3n) is 11.6. The van der Waals surface area contributed by atoms with Gasteiger partial charge in [0.2, 0.25) is 17.5 Å². The second-order valence-corrected chi connectivity index (χ2v) is 17.6. The summed E-state index contributed by atoms with van der Waals surface area (Å²) in [6.45, 7) is 4.21. The summed E-state index contributed by atoms with van der Waals surface area (Å²) in [5.41, 5.74) is 1.13. The molecule has 2 aromatic rings. The molecule has 2 spiro atoms. The number of aryl methyl sites for hydroxylation is 1. The van der Waals surface area contributed by atoms with Crippen LogP contribution >= 0.6 is 0 Å². The van der Waals surface area contributed by atoms with E-state index in [1.54, 1.807) is 36.4 Å². The van der Waals surface area contributed by atoms with Crippen molar-refractivity contribution in [1.82, 2.24) is 10.6 Å². The fraction of sp³-hybridized carbons (Fsp3) is 0.615. The minimum absolute atomic E-state index is 0.0844. The molecule has 1 heterocycles. The first kappa shape index (κ1) is 34.8. The van der Waals surface area contributed by atoms with Gasteiger partial charge in [-0.3, -0.25) is 4.79 Å². The molecule has 0 unspecified atom stereocenters. The molecule has 9 nitrogen and oxygen atoms in total. The first-order valence-electron chi connectivity index (χ1n) is 18.4. The average molecular weight is 693 g/mol. The summed E-state index contributed by atoms with van der Waals surface area (Å²) < 4.78 is 26.1. The molecule has 0 radical (unpaired) electrons. The topological polar surface area (TPSA) is 112 Å². The molecule has 2 aromatic carbocycles. The van der Waals surface area contributed by atoms with Crippen molar-refractivity contribution in [3.05, 3.63) is 77.7 Å². The van der Waals surface area contributed by atoms with Crippen LogP contribution in [-0.4, -0.2) is 44.0 Å². The van der Waals surface area contributed by atoms with E-state index in [9.17, 15) is 13.2 Å². The lowest BCUT2D eigenvalue weighted by Crippen LogP contribution is -2.65. The van der Waals surface area contributed by atoms with Crippen LogP contribution in [0, 0.1) is 29.6 Å². The van der Waals surface area contributed by atoms with Crippen LogP contribution in [0.5, 0.6) is 0 Å². The fourth-order valence-electron chi connectivity index (χ4n) is 9.17. The maximum absolute atomic E-state index is 13.9. The van der Waals surface area contributed by atoms with E-state index >= 15 is 0 Å². The van der Waals surface area contributed by atoms with Crippen LogP contribution < -0.4 is 10.6 Å². The van der Waals surface area contributed by atoms with Gasteiger partial charge in [-0.25, -0.2) is 8.42 Å². The number of sulfone groups is 1. The van der Waals surface area contributed by atoms with E-state index in [4.69, 9.17) is 19.6 Å². The summed E-state index contributed by atoms with van der Waals surface area (Å²) in [4.78, 5) is 38.9. The molecular formula is C39H52N2O7S. The molecule has 0 aromatic heterocycles. The Morgan fingerprint density at radius 1 is 0.857 bits per heavy atom. The number of carbonyl (C=O) groups is 1. The van der Waals surface area contributed by atoms with Crippen LogP contribution in [0.2, 0.25) is 0 Å². The Morgan fingerprint density at radius 2 is 1.45 bits per heavy atom. The third kappa shape index (κ3) is 7.85. The van der Waals surface area contributed by atoms with Crippen molar-refractivity contribution in [2.75, 3.05) is 0 Å². The molecule has 6 fully saturated rings. The van der Waals surface area contributed by atoms with Crippen molar-refractivity contribution < 1.29 is 32.8 Å². The average Bonchev–Trinajstić information content (AvgIpc) is 3.10. The Balaban J connectivity index is 0.971. The van der Waals surface area contributed by atoms with E-state index in [1.807, 2.05) is 30.3 Å². The Hall–Kier alpha value is -2.60. The first-order valence-corrected chi connectivity index (χ1v) is 20.0. The number of hydrogen-bond donors (Lipinski definition) is 2. The molecule has 4 bridgehead atoms. The summed E-state index contributed by atoms with van der Waals surface area (Å²) in [5.74, 6) is 0.690. The third-order valence-corrected chi connectivity index (χ3v) is 13.1. The molecule has 5 aliphatic carbocycles. The van der Waals surface area contributed by atoms with E-state index in [-0.39, 0.29) is 22.8 Å². The van der Waals surface area contributed by atoms with Gasteiger partial charge in [-0.2, -0.15) is 19.6 Å². The molecule has 10 heteroatoms. The Morgan fingerprint density at radius 3 is 2.04 bits per heavy atom. The number of carbonyl (C=O) groups excluding carboxylic acids is 1. The van der Waals surface area contributed by atoms with Gasteiger partial charge in [0.25, 0.3) is 0 Å². The fourth-order valence-corrected chi connectivity index (χ4v) is 10.3. The molecule has 8 rings (SSSR count). The summed E-state index contributed by atoms with van der Waals surface area (Å²) in [6.07, 6.45) is 12.1. The van der Waals surface area contributed by atoms with Gasteiger partial charge in [-0.05, 0) is 99.7 Å². The Bertz CT molecular complexity index is 1520. The van der Waals surface area contributed by atoms with E-state index in [0.29, 0.717) is 43.9 Å². The van der Waals surface area contributed by atoms with E-state index < -0.39 is 33.5 Å². The minimum atomic E-state index is -3.66. The molecule has 1 amide bonds. The molecule has 5 saturated carbocycles. The number of amides is 1. The summed E-state index contributed by atoms with van der Waals surface area (Å²) in [7, 11) is -3.66. The van der Waals surface area contributed by atoms with Crippen molar-refractivity contribution in [2.24, 2.45) is 29.6 Å². The highest BCUT2D eigenvalue weighted by atomic mass is 32.2. The van der Waals surface area contributed by atoms with Gasteiger partial charge < -0.3 is 10.6 Å². The van der Waals surface area contributed by atoms with E-state index in [1.165, 1.54) is 11.8 Å². The van der Waals surface area contributed by atoms with Crippen LogP contribution in [0.1, 0.15) is 90.0 Å². The zero-order valence-electron chi connectivity index (χ0n) is 28.8. The van der Waals surface area contributed by atoms with Crippen LogP contribution in [0.4, 0.5) is 0 Å². The van der Waals surface area contributed by atoms with Crippen LogP contribution in [0.3, 0.4) is 0 Å². The normalized spacial score (nSPS) is 33.7. The lowest BCUT2D eigenvalue weighted by atomic mass is 9.53. The smallest absolute Gasteiger partial charge is 0.239 e. The highest BCUT2D eigenvalue weighted by Gasteiger charge is 2.64. The largest absolute Gasteiger partial charge is 0.349 e.